The second kappa shape index (κ2) is 6.35. The van der Waals surface area contributed by atoms with Crippen LogP contribution in [-0.4, -0.2) is 9.91 Å². The Hall–Kier alpha value is -3.63. The SMILES string of the molecule is N#Cc1cc2[nH]c3ccccc3c2[n+](-c2ccc([N+](=O)[O-])cc2)c1N.[Cl-]. The van der Waals surface area contributed by atoms with Crippen molar-refractivity contribution in [2.24, 2.45) is 0 Å². The maximum Gasteiger partial charge on any atom is 0.296 e. The van der Waals surface area contributed by atoms with Gasteiger partial charge in [-0.3, -0.25) is 15.8 Å². The average molecular weight is 366 g/mol. The number of nitrogens with two attached hydrogens (primary N) is 1. The zero-order chi connectivity index (χ0) is 17.6. The topological polar surface area (TPSA) is 113 Å². The van der Waals surface area contributed by atoms with Crippen molar-refractivity contribution in [1.82, 2.24) is 4.98 Å². The molecule has 0 saturated heterocycles. The third-order valence-corrected chi connectivity index (χ3v) is 4.17. The Balaban J connectivity index is 0.00000196. The first-order chi connectivity index (χ1) is 12.1. The standard InChI is InChI=1S/C18H11N5O2.ClH/c19-10-11-9-16-17(14-3-1-2-4-15(14)21-16)22(18(11)20)12-5-7-13(8-6-12)23(24)25;/h1-9H,(H2,20,21);1H. The van der Waals surface area contributed by atoms with E-state index in [1.54, 1.807) is 22.8 Å². The lowest BCUT2D eigenvalue weighted by Crippen LogP contribution is -3.00. The van der Waals surface area contributed by atoms with Crippen LogP contribution >= 0.6 is 0 Å². The summed E-state index contributed by atoms with van der Waals surface area (Å²) >= 11 is 0. The van der Waals surface area contributed by atoms with Crippen molar-refractivity contribution in [3.63, 3.8) is 0 Å². The minimum atomic E-state index is -0.454. The minimum absolute atomic E-state index is 0. The molecule has 0 aliphatic heterocycles. The molecule has 0 amide bonds. The predicted molar refractivity (Wildman–Crippen MR) is 93.1 cm³/mol. The van der Waals surface area contributed by atoms with Gasteiger partial charge in [0.2, 0.25) is 0 Å². The molecular weight excluding hydrogens is 354 g/mol. The minimum Gasteiger partial charge on any atom is -1.00 e. The number of rotatable bonds is 2. The van der Waals surface area contributed by atoms with Gasteiger partial charge in [0.15, 0.2) is 5.52 Å². The second-order valence-corrected chi connectivity index (χ2v) is 5.60. The lowest BCUT2D eigenvalue weighted by molar-refractivity contribution is -0.550. The molecule has 7 nitrogen and oxygen atoms in total. The van der Waals surface area contributed by atoms with Crippen molar-refractivity contribution in [3.05, 3.63) is 70.3 Å². The molecule has 0 fully saturated rings. The van der Waals surface area contributed by atoms with Crippen LogP contribution in [-0.2, 0) is 0 Å². The number of pyridine rings is 1. The van der Waals surface area contributed by atoms with Gasteiger partial charge in [-0.2, -0.15) is 9.83 Å². The van der Waals surface area contributed by atoms with Crippen molar-refractivity contribution >= 4 is 33.4 Å². The molecule has 0 aliphatic carbocycles. The molecule has 26 heavy (non-hydrogen) atoms. The van der Waals surface area contributed by atoms with E-state index in [9.17, 15) is 15.4 Å². The van der Waals surface area contributed by atoms with Gasteiger partial charge in [-0.1, -0.05) is 12.1 Å². The molecule has 8 heteroatoms. The zero-order valence-electron chi connectivity index (χ0n) is 13.3. The smallest absolute Gasteiger partial charge is 0.296 e. The number of aromatic nitrogens is 2. The number of hydrogen-bond acceptors (Lipinski definition) is 4. The maximum absolute atomic E-state index is 10.9. The normalized spacial score (nSPS) is 10.4. The highest BCUT2D eigenvalue weighted by Gasteiger charge is 2.22. The van der Waals surface area contributed by atoms with Crippen LogP contribution in [0.15, 0.2) is 54.6 Å². The molecule has 0 unspecified atom stereocenters. The predicted octanol–water partition coefficient (Wildman–Crippen LogP) is -0.0361. The van der Waals surface area contributed by atoms with Crippen molar-refractivity contribution in [2.75, 3.05) is 5.73 Å². The number of fused-ring (bicyclic) bond motifs is 3. The Morgan fingerprint density at radius 1 is 1.12 bits per heavy atom. The molecule has 0 aliphatic rings. The summed E-state index contributed by atoms with van der Waals surface area (Å²) in [4.78, 5) is 13.7. The molecular formula is C18H12ClN5O2. The van der Waals surface area contributed by atoms with E-state index >= 15 is 0 Å². The molecule has 0 saturated carbocycles. The lowest BCUT2D eigenvalue weighted by Gasteiger charge is -2.06. The van der Waals surface area contributed by atoms with E-state index in [0.29, 0.717) is 11.3 Å². The van der Waals surface area contributed by atoms with Gasteiger partial charge in [0.1, 0.15) is 17.3 Å². The molecule has 3 N–H and O–H groups in total. The number of para-hydroxylation sites is 1. The van der Waals surface area contributed by atoms with Crippen LogP contribution in [0.4, 0.5) is 11.5 Å². The fraction of sp³-hybridized carbons (Fsp3) is 0. The molecule has 0 spiro atoms. The van der Waals surface area contributed by atoms with Gasteiger partial charge in [0.25, 0.3) is 11.5 Å². The van der Waals surface area contributed by atoms with E-state index in [1.807, 2.05) is 24.3 Å². The number of nitro benzene ring substituents is 1. The van der Waals surface area contributed by atoms with Gasteiger partial charge in [-0.05, 0) is 30.3 Å². The number of nitrogens with zero attached hydrogens (tertiary/aromatic N) is 3. The molecule has 4 aromatic rings. The number of nitrogens with one attached hydrogen (secondary N) is 1. The summed E-state index contributed by atoms with van der Waals surface area (Å²) in [5, 5.41) is 21.2. The van der Waals surface area contributed by atoms with Crippen LogP contribution in [0.2, 0.25) is 0 Å². The number of hydrogen-bond donors (Lipinski definition) is 2. The van der Waals surface area contributed by atoms with Gasteiger partial charge >= 0.3 is 0 Å². The van der Waals surface area contributed by atoms with Gasteiger partial charge in [0, 0.05) is 17.5 Å². The number of non-ortho nitro benzene ring substituents is 1. The van der Waals surface area contributed by atoms with Crippen LogP contribution in [0, 0.1) is 21.4 Å². The highest BCUT2D eigenvalue weighted by atomic mass is 35.5. The molecule has 0 bridgehead atoms. The molecule has 0 atom stereocenters. The first-order valence-electron chi connectivity index (χ1n) is 7.50. The maximum atomic E-state index is 10.9. The molecule has 128 valence electrons. The molecule has 2 aromatic heterocycles. The van der Waals surface area contributed by atoms with Crippen molar-refractivity contribution in [3.8, 4) is 11.8 Å². The number of aromatic amines is 1. The van der Waals surface area contributed by atoms with Crippen LogP contribution in [0.5, 0.6) is 0 Å². The van der Waals surface area contributed by atoms with Crippen molar-refractivity contribution in [1.29, 1.82) is 5.26 Å². The van der Waals surface area contributed by atoms with E-state index in [2.05, 4.69) is 11.1 Å². The Morgan fingerprint density at radius 3 is 2.46 bits per heavy atom. The Bertz CT molecular complexity index is 1190. The van der Waals surface area contributed by atoms with E-state index in [-0.39, 0.29) is 23.9 Å². The monoisotopic (exact) mass is 365 g/mol. The first-order valence-corrected chi connectivity index (χ1v) is 7.50. The fourth-order valence-electron chi connectivity index (χ4n) is 3.03. The van der Waals surface area contributed by atoms with Crippen LogP contribution in [0.25, 0.3) is 27.6 Å². The van der Waals surface area contributed by atoms with E-state index in [0.717, 1.165) is 21.9 Å². The van der Waals surface area contributed by atoms with E-state index in [1.165, 1.54) is 12.1 Å². The van der Waals surface area contributed by atoms with Crippen molar-refractivity contribution in [2.45, 2.75) is 0 Å². The molecule has 4 rings (SSSR count). The highest BCUT2D eigenvalue weighted by Crippen LogP contribution is 2.26. The Morgan fingerprint density at radius 2 is 1.81 bits per heavy atom. The zero-order valence-corrected chi connectivity index (χ0v) is 14.1. The van der Waals surface area contributed by atoms with Crippen LogP contribution in [0.3, 0.4) is 0 Å². The first kappa shape index (κ1) is 17.2. The Kier molecular flexibility index (Phi) is 4.20. The third-order valence-electron chi connectivity index (χ3n) is 4.17. The number of anilines is 1. The highest BCUT2D eigenvalue weighted by molar-refractivity contribution is 6.03. The molecule has 0 radical (unpaired) electrons. The van der Waals surface area contributed by atoms with Gasteiger partial charge < -0.3 is 17.4 Å². The Labute approximate surface area is 153 Å². The lowest BCUT2D eigenvalue weighted by atomic mass is 10.1. The average Bonchev–Trinajstić information content (AvgIpc) is 2.99. The number of H-pyrrole nitrogens is 1. The summed E-state index contributed by atoms with van der Waals surface area (Å²) in [6.45, 7) is 0. The number of halogens is 1. The van der Waals surface area contributed by atoms with Gasteiger partial charge in [-0.25, -0.2) is 0 Å². The second-order valence-electron chi connectivity index (χ2n) is 5.60. The molecule has 2 heterocycles. The third kappa shape index (κ3) is 2.49. The quantitative estimate of drug-likeness (QED) is 0.295. The van der Waals surface area contributed by atoms with E-state index in [4.69, 9.17) is 5.73 Å². The van der Waals surface area contributed by atoms with Crippen LogP contribution < -0.4 is 22.7 Å². The number of benzene rings is 2. The summed E-state index contributed by atoms with van der Waals surface area (Å²) in [6.07, 6.45) is 0. The number of nitriles is 1. The molecule has 2 aromatic carbocycles. The fourth-order valence-corrected chi connectivity index (χ4v) is 3.03. The largest absolute Gasteiger partial charge is 1.00 e. The van der Waals surface area contributed by atoms with Crippen LogP contribution in [0.1, 0.15) is 5.56 Å². The van der Waals surface area contributed by atoms with E-state index < -0.39 is 4.92 Å². The summed E-state index contributed by atoms with van der Waals surface area (Å²) in [5.41, 5.74) is 9.71. The summed E-state index contributed by atoms with van der Waals surface area (Å²) < 4.78 is 1.75. The van der Waals surface area contributed by atoms with Gasteiger partial charge in [0.05, 0.1) is 16.0 Å². The summed E-state index contributed by atoms with van der Waals surface area (Å²) in [7, 11) is 0. The summed E-state index contributed by atoms with van der Waals surface area (Å²) in [6, 6.07) is 17.6. The van der Waals surface area contributed by atoms with Gasteiger partial charge in [-0.15, -0.1) is 0 Å². The van der Waals surface area contributed by atoms with Crippen molar-refractivity contribution < 1.29 is 21.9 Å². The summed E-state index contributed by atoms with van der Waals surface area (Å²) in [5.74, 6) is 0.286. The number of nitrogen functional groups attached to an aromatic ring is 1. The number of nitro groups is 1.